The van der Waals surface area contributed by atoms with Gasteiger partial charge in [0.1, 0.15) is 5.82 Å². The number of halogens is 1. The maximum atomic E-state index is 12.7. The van der Waals surface area contributed by atoms with Crippen molar-refractivity contribution in [3.63, 3.8) is 0 Å². The number of methoxy groups -OCH3 is 1. The van der Waals surface area contributed by atoms with E-state index in [1.165, 1.54) is 29.2 Å². The molecule has 0 aliphatic carbocycles. The van der Waals surface area contributed by atoms with Crippen molar-refractivity contribution in [3.8, 4) is 6.07 Å². The smallest absolute Gasteiger partial charge is 0.321 e. The van der Waals surface area contributed by atoms with Gasteiger partial charge in [-0.1, -0.05) is 0 Å². The molecule has 0 aliphatic rings. The maximum absolute atomic E-state index is 12.7. The number of urea groups is 1. The number of amides is 2. The molecule has 0 heterocycles. The minimum Gasteiger partial charge on any atom is -0.383 e. The molecule has 0 aromatic heterocycles. The lowest BCUT2D eigenvalue weighted by Gasteiger charge is -2.21. The van der Waals surface area contributed by atoms with Gasteiger partial charge in [0.15, 0.2) is 0 Å². The van der Waals surface area contributed by atoms with Crippen molar-refractivity contribution in [2.24, 2.45) is 0 Å². The monoisotopic (exact) mass is 265 g/mol. The first-order chi connectivity index (χ1) is 9.17. The fourth-order valence-corrected chi connectivity index (χ4v) is 1.44. The molecule has 0 spiro atoms. The van der Waals surface area contributed by atoms with E-state index in [1.807, 2.05) is 6.07 Å². The SMILES string of the molecule is COCCN(CCC#N)C(=O)Nc1ccc(F)cc1. The van der Waals surface area contributed by atoms with Gasteiger partial charge in [0.25, 0.3) is 0 Å². The summed E-state index contributed by atoms with van der Waals surface area (Å²) in [7, 11) is 1.54. The summed E-state index contributed by atoms with van der Waals surface area (Å²) in [5.41, 5.74) is 0.505. The topological polar surface area (TPSA) is 65.4 Å². The van der Waals surface area contributed by atoms with Gasteiger partial charge in [-0.3, -0.25) is 0 Å². The summed E-state index contributed by atoms with van der Waals surface area (Å²) >= 11 is 0. The van der Waals surface area contributed by atoms with Crippen LogP contribution in [-0.2, 0) is 4.74 Å². The third-order valence-electron chi connectivity index (χ3n) is 2.44. The molecule has 2 amide bonds. The summed E-state index contributed by atoms with van der Waals surface area (Å²) in [6.07, 6.45) is 0.251. The number of carbonyl (C=O) groups is 1. The summed E-state index contributed by atoms with van der Waals surface area (Å²) in [5, 5.41) is 11.2. The van der Waals surface area contributed by atoms with Gasteiger partial charge in [0.05, 0.1) is 19.1 Å². The standard InChI is InChI=1S/C13H16FN3O2/c1-19-10-9-17(8-2-7-15)13(18)16-12-5-3-11(14)4-6-12/h3-6H,2,8-10H2,1H3,(H,16,18). The molecule has 0 saturated heterocycles. The predicted molar refractivity (Wildman–Crippen MR) is 69.1 cm³/mol. The summed E-state index contributed by atoms with van der Waals surface area (Å²) in [5.74, 6) is -0.362. The number of nitriles is 1. The summed E-state index contributed by atoms with van der Waals surface area (Å²) in [6, 6.07) is 7.15. The number of hydrogen-bond acceptors (Lipinski definition) is 3. The number of hydrogen-bond donors (Lipinski definition) is 1. The van der Waals surface area contributed by atoms with E-state index in [1.54, 1.807) is 7.11 Å². The lowest BCUT2D eigenvalue weighted by atomic mass is 10.3. The Hall–Kier alpha value is -2.13. The number of carbonyl (C=O) groups excluding carboxylic acids is 1. The van der Waals surface area contributed by atoms with Gasteiger partial charge in [0, 0.05) is 25.9 Å². The largest absolute Gasteiger partial charge is 0.383 e. The van der Waals surface area contributed by atoms with Gasteiger partial charge in [-0.05, 0) is 24.3 Å². The van der Waals surface area contributed by atoms with Crippen molar-refractivity contribution in [3.05, 3.63) is 30.1 Å². The minimum atomic E-state index is -0.362. The van der Waals surface area contributed by atoms with Gasteiger partial charge in [-0.25, -0.2) is 9.18 Å². The molecule has 0 saturated carbocycles. The fourth-order valence-electron chi connectivity index (χ4n) is 1.44. The molecule has 1 aromatic rings. The summed E-state index contributed by atoms with van der Waals surface area (Å²) in [4.78, 5) is 13.4. The van der Waals surface area contributed by atoms with Crippen LogP contribution < -0.4 is 5.32 Å². The molecule has 1 rings (SSSR count). The highest BCUT2D eigenvalue weighted by atomic mass is 19.1. The van der Waals surface area contributed by atoms with Crippen LogP contribution >= 0.6 is 0 Å². The zero-order valence-corrected chi connectivity index (χ0v) is 10.7. The Labute approximate surface area is 111 Å². The number of nitrogens with zero attached hydrogens (tertiary/aromatic N) is 2. The second kappa shape index (κ2) is 8.06. The molecular weight excluding hydrogens is 249 g/mol. The van der Waals surface area contributed by atoms with Crippen molar-refractivity contribution < 1.29 is 13.9 Å². The van der Waals surface area contributed by atoms with Crippen LogP contribution in [0.25, 0.3) is 0 Å². The van der Waals surface area contributed by atoms with E-state index in [0.29, 0.717) is 25.4 Å². The summed E-state index contributed by atoms with van der Waals surface area (Å²) in [6.45, 7) is 1.11. The molecule has 0 unspecified atom stereocenters. The first-order valence-electron chi connectivity index (χ1n) is 5.84. The number of benzene rings is 1. The van der Waals surface area contributed by atoms with Crippen molar-refractivity contribution in [2.45, 2.75) is 6.42 Å². The van der Waals surface area contributed by atoms with Gasteiger partial charge in [-0.15, -0.1) is 0 Å². The Morgan fingerprint density at radius 2 is 2.11 bits per heavy atom. The predicted octanol–water partition coefficient (Wildman–Crippen LogP) is 2.22. The van der Waals surface area contributed by atoms with E-state index < -0.39 is 0 Å². The zero-order chi connectivity index (χ0) is 14.1. The number of anilines is 1. The van der Waals surface area contributed by atoms with Crippen molar-refractivity contribution >= 4 is 11.7 Å². The number of ether oxygens (including phenoxy) is 1. The number of rotatable bonds is 6. The highest BCUT2D eigenvalue weighted by Gasteiger charge is 2.12. The van der Waals surface area contributed by atoms with Crippen LogP contribution in [0.2, 0.25) is 0 Å². The molecule has 0 bridgehead atoms. The fraction of sp³-hybridized carbons (Fsp3) is 0.385. The first-order valence-corrected chi connectivity index (χ1v) is 5.84. The van der Waals surface area contributed by atoms with Crippen molar-refractivity contribution in [1.82, 2.24) is 4.90 Å². The second-order valence-electron chi connectivity index (χ2n) is 3.83. The zero-order valence-electron chi connectivity index (χ0n) is 10.7. The van der Waals surface area contributed by atoms with Crippen LogP contribution in [0.15, 0.2) is 24.3 Å². The van der Waals surface area contributed by atoms with Crippen LogP contribution in [0.1, 0.15) is 6.42 Å². The van der Waals surface area contributed by atoms with E-state index in [4.69, 9.17) is 10.00 Å². The Morgan fingerprint density at radius 1 is 1.42 bits per heavy atom. The van der Waals surface area contributed by atoms with Gasteiger partial charge >= 0.3 is 6.03 Å². The maximum Gasteiger partial charge on any atom is 0.321 e. The summed E-state index contributed by atoms with van der Waals surface area (Å²) < 4.78 is 17.7. The van der Waals surface area contributed by atoms with E-state index >= 15 is 0 Å². The van der Waals surface area contributed by atoms with Crippen molar-refractivity contribution in [2.75, 3.05) is 32.1 Å². The van der Waals surface area contributed by atoms with E-state index in [0.717, 1.165) is 0 Å². The Balaban J connectivity index is 2.59. The van der Waals surface area contributed by atoms with Crippen LogP contribution in [0, 0.1) is 17.1 Å². The molecule has 0 fully saturated rings. The molecule has 1 aromatic carbocycles. The molecule has 0 atom stereocenters. The molecule has 0 radical (unpaired) electrons. The number of nitrogens with one attached hydrogen (secondary N) is 1. The normalized spacial score (nSPS) is 9.74. The third kappa shape index (κ3) is 5.36. The Bertz CT molecular complexity index is 442. The van der Waals surface area contributed by atoms with E-state index in [-0.39, 0.29) is 18.3 Å². The van der Waals surface area contributed by atoms with Crippen LogP contribution in [0.3, 0.4) is 0 Å². The van der Waals surface area contributed by atoms with Crippen LogP contribution in [0.4, 0.5) is 14.9 Å². The molecular formula is C13H16FN3O2. The van der Waals surface area contributed by atoms with E-state index in [9.17, 15) is 9.18 Å². The molecule has 0 aliphatic heterocycles. The van der Waals surface area contributed by atoms with Crippen LogP contribution in [0.5, 0.6) is 0 Å². The highest BCUT2D eigenvalue weighted by Crippen LogP contribution is 2.09. The van der Waals surface area contributed by atoms with Gasteiger partial charge in [0.2, 0.25) is 0 Å². The highest BCUT2D eigenvalue weighted by molar-refractivity contribution is 5.89. The Morgan fingerprint density at radius 3 is 2.68 bits per heavy atom. The molecule has 102 valence electrons. The third-order valence-corrected chi connectivity index (χ3v) is 2.44. The first kappa shape index (κ1) is 14.9. The molecule has 5 nitrogen and oxygen atoms in total. The quantitative estimate of drug-likeness (QED) is 0.857. The van der Waals surface area contributed by atoms with Gasteiger partial charge < -0.3 is 15.0 Å². The molecule has 6 heteroatoms. The minimum absolute atomic E-state index is 0.251. The van der Waals surface area contributed by atoms with Crippen molar-refractivity contribution in [1.29, 1.82) is 5.26 Å². The molecule has 19 heavy (non-hydrogen) atoms. The molecule has 1 N–H and O–H groups in total. The van der Waals surface area contributed by atoms with Crippen LogP contribution in [-0.4, -0.2) is 37.7 Å². The lowest BCUT2D eigenvalue weighted by Crippen LogP contribution is -2.37. The van der Waals surface area contributed by atoms with E-state index in [2.05, 4.69) is 5.32 Å². The lowest BCUT2D eigenvalue weighted by molar-refractivity contribution is 0.156. The Kier molecular flexibility index (Phi) is 6.33. The average molecular weight is 265 g/mol. The van der Waals surface area contributed by atoms with Gasteiger partial charge in [-0.2, -0.15) is 5.26 Å². The average Bonchev–Trinajstić information content (AvgIpc) is 2.41. The second-order valence-corrected chi connectivity index (χ2v) is 3.83.